The SMILES string of the molecule is CC[C@@H](CO)NCc1ccc(OCC(N)=O)cc1. The number of amides is 1. The third kappa shape index (κ3) is 5.16. The lowest BCUT2D eigenvalue weighted by molar-refractivity contribution is -0.119. The van der Waals surface area contributed by atoms with Crippen LogP contribution in [0.15, 0.2) is 24.3 Å². The fraction of sp³-hybridized carbons (Fsp3) is 0.462. The monoisotopic (exact) mass is 252 g/mol. The number of hydrogen-bond donors (Lipinski definition) is 3. The lowest BCUT2D eigenvalue weighted by atomic mass is 10.2. The lowest BCUT2D eigenvalue weighted by Crippen LogP contribution is -2.31. The largest absolute Gasteiger partial charge is 0.484 e. The molecular weight excluding hydrogens is 232 g/mol. The second kappa shape index (κ2) is 7.68. The fourth-order valence-corrected chi connectivity index (χ4v) is 1.46. The maximum Gasteiger partial charge on any atom is 0.255 e. The number of ether oxygens (including phenoxy) is 1. The van der Waals surface area contributed by atoms with E-state index in [0.717, 1.165) is 12.0 Å². The van der Waals surface area contributed by atoms with Crippen LogP contribution in [0.1, 0.15) is 18.9 Å². The van der Waals surface area contributed by atoms with Crippen molar-refractivity contribution in [3.63, 3.8) is 0 Å². The summed E-state index contributed by atoms with van der Waals surface area (Å²) in [6.45, 7) is 2.74. The topological polar surface area (TPSA) is 84.6 Å². The molecule has 0 fully saturated rings. The van der Waals surface area contributed by atoms with E-state index in [9.17, 15) is 4.79 Å². The van der Waals surface area contributed by atoms with Gasteiger partial charge < -0.3 is 20.9 Å². The van der Waals surface area contributed by atoms with Crippen LogP contribution in [0, 0.1) is 0 Å². The number of hydrogen-bond acceptors (Lipinski definition) is 4. The van der Waals surface area contributed by atoms with Crippen molar-refractivity contribution in [3.05, 3.63) is 29.8 Å². The van der Waals surface area contributed by atoms with Crippen molar-refractivity contribution in [2.75, 3.05) is 13.2 Å². The molecule has 0 aliphatic heterocycles. The molecule has 1 aromatic rings. The quantitative estimate of drug-likeness (QED) is 0.625. The molecule has 18 heavy (non-hydrogen) atoms. The number of carbonyl (C=O) groups is 1. The first-order valence-electron chi connectivity index (χ1n) is 6.00. The van der Waals surface area contributed by atoms with Crippen LogP contribution in [0.2, 0.25) is 0 Å². The van der Waals surface area contributed by atoms with Gasteiger partial charge in [0.1, 0.15) is 5.75 Å². The standard InChI is InChI=1S/C13H20N2O3/c1-2-11(8-16)15-7-10-3-5-12(6-4-10)18-9-13(14)17/h3-6,11,15-16H,2,7-9H2,1H3,(H2,14,17)/t11-/m0/s1. The van der Waals surface area contributed by atoms with Gasteiger partial charge in [-0.15, -0.1) is 0 Å². The maximum atomic E-state index is 10.5. The highest BCUT2D eigenvalue weighted by atomic mass is 16.5. The number of carbonyl (C=O) groups excluding carboxylic acids is 1. The number of primary amides is 1. The van der Waals surface area contributed by atoms with Gasteiger partial charge >= 0.3 is 0 Å². The first kappa shape index (κ1) is 14.5. The van der Waals surface area contributed by atoms with Gasteiger partial charge in [0.15, 0.2) is 6.61 Å². The molecule has 0 saturated heterocycles. The molecule has 0 aromatic heterocycles. The average Bonchev–Trinajstić information content (AvgIpc) is 2.39. The summed E-state index contributed by atoms with van der Waals surface area (Å²) in [5.74, 6) is 0.126. The Bertz CT molecular complexity index is 361. The van der Waals surface area contributed by atoms with Crippen LogP contribution in [0.3, 0.4) is 0 Å². The van der Waals surface area contributed by atoms with Gasteiger partial charge in [-0.1, -0.05) is 19.1 Å². The van der Waals surface area contributed by atoms with Gasteiger partial charge in [0.25, 0.3) is 5.91 Å². The minimum absolute atomic E-state index is 0.111. The summed E-state index contributed by atoms with van der Waals surface area (Å²) < 4.78 is 5.16. The zero-order chi connectivity index (χ0) is 13.4. The highest BCUT2D eigenvalue weighted by molar-refractivity contribution is 5.75. The molecule has 0 spiro atoms. The number of benzene rings is 1. The fourth-order valence-electron chi connectivity index (χ4n) is 1.46. The molecule has 1 rings (SSSR count). The van der Waals surface area contributed by atoms with Gasteiger partial charge in [0.2, 0.25) is 0 Å². The molecular formula is C13H20N2O3. The summed E-state index contributed by atoms with van der Waals surface area (Å²) in [5, 5.41) is 12.3. The predicted molar refractivity (Wildman–Crippen MR) is 69.1 cm³/mol. The van der Waals surface area contributed by atoms with E-state index in [1.807, 2.05) is 19.1 Å². The second-order valence-corrected chi connectivity index (χ2v) is 4.07. The number of aliphatic hydroxyl groups is 1. The zero-order valence-electron chi connectivity index (χ0n) is 10.6. The first-order chi connectivity index (χ1) is 8.65. The molecule has 5 nitrogen and oxygen atoms in total. The molecule has 1 amide bonds. The number of aliphatic hydroxyl groups excluding tert-OH is 1. The molecule has 0 radical (unpaired) electrons. The minimum atomic E-state index is -0.491. The average molecular weight is 252 g/mol. The van der Waals surface area contributed by atoms with Crippen molar-refractivity contribution < 1.29 is 14.6 Å². The summed E-state index contributed by atoms with van der Waals surface area (Å²) in [6.07, 6.45) is 0.885. The van der Waals surface area contributed by atoms with Crippen LogP contribution in [0.25, 0.3) is 0 Å². The summed E-state index contributed by atoms with van der Waals surface area (Å²) in [5.41, 5.74) is 6.08. The summed E-state index contributed by atoms with van der Waals surface area (Å²) >= 11 is 0. The molecule has 0 unspecified atom stereocenters. The van der Waals surface area contributed by atoms with Crippen LogP contribution >= 0.6 is 0 Å². The Morgan fingerprint density at radius 2 is 2.11 bits per heavy atom. The van der Waals surface area contributed by atoms with Crippen LogP contribution in [0.5, 0.6) is 5.75 Å². The Kier molecular flexibility index (Phi) is 6.18. The molecule has 0 aliphatic rings. The number of rotatable bonds is 8. The Morgan fingerprint density at radius 1 is 1.44 bits per heavy atom. The molecule has 1 aromatic carbocycles. The van der Waals surface area contributed by atoms with E-state index in [1.54, 1.807) is 12.1 Å². The van der Waals surface area contributed by atoms with Gasteiger partial charge in [-0.2, -0.15) is 0 Å². The van der Waals surface area contributed by atoms with E-state index < -0.39 is 5.91 Å². The second-order valence-electron chi connectivity index (χ2n) is 4.07. The van der Waals surface area contributed by atoms with Crippen molar-refractivity contribution in [2.45, 2.75) is 25.9 Å². The Hall–Kier alpha value is -1.59. The minimum Gasteiger partial charge on any atom is -0.484 e. The van der Waals surface area contributed by atoms with E-state index in [2.05, 4.69) is 5.32 Å². The Balaban J connectivity index is 2.42. The summed E-state index contributed by atoms with van der Waals surface area (Å²) in [7, 11) is 0. The first-order valence-corrected chi connectivity index (χ1v) is 6.00. The Morgan fingerprint density at radius 3 is 2.61 bits per heavy atom. The summed E-state index contributed by atoms with van der Waals surface area (Å²) in [6, 6.07) is 7.52. The molecule has 5 heteroatoms. The van der Waals surface area contributed by atoms with E-state index >= 15 is 0 Å². The third-order valence-electron chi connectivity index (χ3n) is 2.61. The molecule has 0 saturated carbocycles. The predicted octanol–water partition coefficient (Wildman–Crippen LogP) is 0.411. The van der Waals surface area contributed by atoms with Crippen molar-refractivity contribution in [3.8, 4) is 5.75 Å². The molecule has 0 heterocycles. The van der Waals surface area contributed by atoms with Crippen molar-refractivity contribution >= 4 is 5.91 Å². The Labute approximate surface area is 107 Å². The van der Waals surface area contributed by atoms with Crippen LogP contribution in [0.4, 0.5) is 0 Å². The van der Waals surface area contributed by atoms with Crippen molar-refractivity contribution in [1.29, 1.82) is 0 Å². The van der Waals surface area contributed by atoms with E-state index in [-0.39, 0.29) is 19.3 Å². The van der Waals surface area contributed by atoms with Gasteiger partial charge in [-0.3, -0.25) is 4.79 Å². The van der Waals surface area contributed by atoms with Gasteiger partial charge in [0.05, 0.1) is 6.61 Å². The molecule has 4 N–H and O–H groups in total. The molecule has 0 aliphatic carbocycles. The van der Waals surface area contributed by atoms with Crippen LogP contribution < -0.4 is 15.8 Å². The van der Waals surface area contributed by atoms with Crippen LogP contribution in [-0.4, -0.2) is 30.3 Å². The highest BCUT2D eigenvalue weighted by Gasteiger charge is 2.03. The highest BCUT2D eigenvalue weighted by Crippen LogP contribution is 2.12. The van der Waals surface area contributed by atoms with E-state index in [4.69, 9.17) is 15.6 Å². The van der Waals surface area contributed by atoms with Gasteiger partial charge in [0, 0.05) is 12.6 Å². The van der Waals surface area contributed by atoms with E-state index in [1.165, 1.54) is 0 Å². The van der Waals surface area contributed by atoms with Gasteiger partial charge in [-0.05, 0) is 24.1 Å². The number of nitrogens with one attached hydrogen (secondary N) is 1. The molecule has 0 bridgehead atoms. The van der Waals surface area contributed by atoms with Gasteiger partial charge in [-0.25, -0.2) is 0 Å². The molecule has 100 valence electrons. The third-order valence-corrected chi connectivity index (χ3v) is 2.61. The lowest BCUT2D eigenvalue weighted by Gasteiger charge is -2.14. The summed E-state index contributed by atoms with van der Waals surface area (Å²) in [4.78, 5) is 10.5. The normalized spacial score (nSPS) is 12.1. The smallest absolute Gasteiger partial charge is 0.255 e. The number of nitrogens with two attached hydrogens (primary N) is 1. The van der Waals surface area contributed by atoms with Crippen molar-refractivity contribution in [2.24, 2.45) is 5.73 Å². The maximum absolute atomic E-state index is 10.5. The van der Waals surface area contributed by atoms with E-state index in [0.29, 0.717) is 12.3 Å². The zero-order valence-corrected chi connectivity index (χ0v) is 10.6. The van der Waals surface area contributed by atoms with Crippen molar-refractivity contribution in [1.82, 2.24) is 5.32 Å². The molecule has 1 atom stereocenters. The van der Waals surface area contributed by atoms with Crippen LogP contribution in [-0.2, 0) is 11.3 Å².